The summed E-state index contributed by atoms with van der Waals surface area (Å²) in [5.41, 5.74) is 3.98. The quantitative estimate of drug-likeness (QED) is 0.782. The van der Waals surface area contributed by atoms with Crippen molar-refractivity contribution in [3.05, 3.63) is 28.6 Å². The number of fused-ring (bicyclic) bond motifs is 1. The number of aromatic nitrogens is 1. The lowest BCUT2D eigenvalue weighted by atomic mass is 9.83. The Morgan fingerprint density at radius 3 is 2.80 bits per heavy atom. The van der Waals surface area contributed by atoms with E-state index < -0.39 is 0 Å². The summed E-state index contributed by atoms with van der Waals surface area (Å²) < 4.78 is 5.18. The Bertz CT molecular complexity index is 494. The molecule has 0 N–H and O–H groups in total. The zero-order valence-corrected chi connectivity index (χ0v) is 13.0. The van der Waals surface area contributed by atoms with Gasteiger partial charge in [0.05, 0.1) is 17.9 Å². The Morgan fingerprint density at radius 1 is 1.45 bits per heavy atom. The number of esters is 1. The maximum Gasteiger partial charge on any atom is 0.339 e. The molecule has 1 aliphatic rings. The molecule has 1 aromatic heterocycles. The molecule has 1 heterocycles. The van der Waals surface area contributed by atoms with Gasteiger partial charge in [0.15, 0.2) is 0 Å². The Hall–Kier alpha value is -1.38. The number of pyridine rings is 1. The number of hydrogen-bond donors (Lipinski definition) is 0. The standard InChI is InChI=1S/C17H25NO2/c1-5-12-7-8-15-13(9-12)10-14(17(19)20-6-2)16(18-15)11(3)4/h10-12H,5-9H2,1-4H3. The van der Waals surface area contributed by atoms with Crippen molar-refractivity contribution in [2.75, 3.05) is 6.61 Å². The molecule has 1 atom stereocenters. The van der Waals surface area contributed by atoms with Crippen LogP contribution in [-0.2, 0) is 17.6 Å². The third kappa shape index (κ3) is 3.02. The van der Waals surface area contributed by atoms with Crippen LogP contribution < -0.4 is 0 Å². The van der Waals surface area contributed by atoms with Crippen LogP contribution in [0.5, 0.6) is 0 Å². The molecule has 1 aromatic rings. The lowest BCUT2D eigenvalue weighted by Crippen LogP contribution is -2.19. The number of hydrogen-bond acceptors (Lipinski definition) is 3. The number of carbonyl (C=O) groups is 1. The van der Waals surface area contributed by atoms with E-state index in [2.05, 4.69) is 20.8 Å². The van der Waals surface area contributed by atoms with Gasteiger partial charge in [-0.1, -0.05) is 27.2 Å². The molecule has 3 nitrogen and oxygen atoms in total. The molecule has 0 bridgehead atoms. The van der Waals surface area contributed by atoms with E-state index in [0.29, 0.717) is 12.2 Å². The lowest BCUT2D eigenvalue weighted by Gasteiger charge is -2.25. The van der Waals surface area contributed by atoms with Gasteiger partial charge in [-0.05, 0) is 49.7 Å². The van der Waals surface area contributed by atoms with E-state index in [1.54, 1.807) is 0 Å². The topological polar surface area (TPSA) is 39.2 Å². The summed E-state index contributed by atoms with van der Waals surface area (Å²) in [6.07, 6.45) is 4.49. The number of carbonyl (C=O) groups excluding carboxylic acids is 1. The Balaban J connectivity index is 2.41. The monoisotopic (exact) mass is 275 g/mol. The summed E-state index contributed by atoms with van der Waals surface area (Å²) >= 11 is 0. The minimum absolute atomic E-state index is 0.231. The number of ether oxygens (including phenoxy) is 1. The van der Waals surface area contributed by atoms with Crippen LogP contribution in [0.1, 0.15) is 73.8 Å². The molecule has 110 valence electrons. The molecule has 1 unspecified atom stereocenters. The maximum absolute atomic E-state index is 12.1. The summed E-state index contributed by atoms with van der Waals surface area (Å²) in [6, 6.07) is 2.04. The van der Waals surface area contributed by atoms with Gasteiger partial charge >= 0.3 is 5.97 Å². The van der Waals surface area contributed by atoms with E-state index in [4.69, 9.17) is 9.72 Å². The molecule has 0 spiro atoms. The molecule has 0 saturated heterocycles. The van der Waals surface area contributed by atoms with Gasteiger partial charge in [0.2, 0.25) is 0 Å². The first-order valence-corrected chi connectivity index (χ1v) is 7.76. The summed E-state index contributed by atoms with van der Waals surface area (Å²) in [4.78, 5) is 16.9. The predicted octanol–water partition coefficient (Wildman–Crippen LogP) is 3.90. The van der Waals surface area contributed by atoms with E-state index >= 15 is 0 Å². The Morgan fingerprint density at radius 2 is 2.20 bits per heavy atom. The minimum atomic E-state index is -0.231. The largest absolute Gasteiger partial charge is 0.462 e. The third-order valence-corrected chi connectivity index (χ3v) is 4.14. The van der Waals surface area contributed by atoms with Crippen molar-refractivity contribution in [1.29, 1.82) is 0 Å². The van der Waals surface area contributed by atoms with Crippen molar-refractivity contribution < 1.29 is 9.53 Å². The summed E-state index contributed by atoms with van der Waals surface area (Å²) in [5, 5.41) is 0. The van der Waals surface area contributed by atoms with E-state index in [9.17, 15) is 4.79 Å². The lowest BCUT2D eigenvalue weighted by molar-refractivity contribution is 0.0523. The van der Waals surface area contributed by atoms with Crippen LogP contribution in [-0.4, -0.2) is 17.6 Å². The maximum atomic E-state index is 12.1. The van der Waals surface area contributed by atoms with Gasteiger partial charge < -0.3 is 4.74 Å². The van der Waals surface area contributed by atoms with Gasteiger partial charge in [0, 0.05) is 5.69 Å². The molecular weight excluding hydrogens is 250 g/mol. The molecule has 1 aliphatic carbocycles. The molecular formula is C17H25NO2. The molecule has 0 fully saturated rings. The van der Waals surface area contributed by atoms with Crippen LogP contribution in [0.2, 0.25) is 0 Å². The number of nitrogens with zero attached hydrogens (tertiary/aromatic N) is 1. The predicted molar refractivity (Wildman–Crippen MR) is 80.1 cm³/mol. The SMILES string of the molecule is CCOC(=O)c1cc2c(nc1C(C)C)CCC(CC)C2. The van der Waals surface area contributed by atoms with Crippen molar-refractivity contribution in [3.63, 3.8) is 0 Å². The summed E-state index contributed by atoms with van der Waals surface area (Å²) in [7, 11) is 0. The fraction of sp³-hybridized carbons (Fsp3) is 0.647. The molecule has 0 radical (unpaired) electrons. The zero-order chi connectivity index (χ0) is 14.7. The second-order valence-electron chi connectivity index (χ2n) is 5.92. The first-order valence-electron chi connectivity index (χ1n) is 7.76. The number of aryl methyl sites for hydroxylation is 1. The van der Waals surface area contributed by atoms with Gasteiger partial charge in [0.1, 0.15) is 0 Å². The van der Waals surface area contributed by atoms with Crippen molar-refractivity contribution in [2.24, 2.45) is 5.92 Å². The van der Waals surface area contributed by atoms with Crippen molar-refractivity contribution in [1.82, 2.24) is 4.98 Å². The smallest absolute Gasteiger partial charge is 0.339 e. The molecule has 0 aliphatic heterocycles. The molecule has 0 aromatic carbocycles. The highest BCUT2D eigenvalue weighted by Gasteiger charge is 2.24. The van der Waals surface area contributed by atoms with Crippen molar-refractivity contribution in [2.45, 2.75) is 59.3 Å². The highest BCUT2D eigenvalue weighted by atomic mass is 16.5. The summed E-state index contributed by atoms with van der Waals surface area (Å²) in [5.74, 6) is 0.734. The van der Waals surface area contributed by atoms with Gasteiger partial charge in [-0.25, -0.2) is 4.79 Å². The van der Waals surface area contributed by atoms with Crippen molar-refractivity contribution in [3.8, 4) is 0 Å². The van der Waals surface area contributed by atoms with Gasteiger partial charge in [0.25, 0.3) is 0 Å². The molecule has 20 heavy (non-hydrogen) atoms. The molecule has 2 rings (SSSR count). The highest BCUT2D eigenvalue weighted by Crippen LogP contribution is 2.30. The Labute approximate surface area is 121 Å². The van der Waals surface area contributed by atoms with Gasteiger partial charge in [-0.15, -0.1) is 0 Å². The van der Waals surface area contributed by atoms with E-state index in [1.807, 2.05) is 13.0 Å². The highest BCUT2D eigenvalue weighted by molar-refractivity contribution is 5.91. The van der Waals surface area contributed by atoms with Crippen LogP contribution in [0.25, 0.3) is 0 Å². The second kappa shape index (κ2) is 6.38. The fourth-order valence-corrected chi connectivity index (χ4v) is 2.92. The van der Waals surface area contributed by atoms with E-state index in [1.165, 1.54) is 24.1 Å². The number of rotatable bonds is 4. The van der Waals surface area contributed by atoms with E-state index in [-0.39, 0.29) is 11.9 Å². The minimum Gasteiger partial charge on any atom is -0.462 e. The first-order chi connectivity index (χ1) is 9.56. The van der Waals surface area contributed by atoms with Crippen molar-refractivity contribution >= 4 is 5.97 Å². The van der Waals surface area contributed by atoms with Crippen LogP contribution in [0.15, 0.2) is 6.07 Å². The van der Waals surface area contributed by atoms with Crippen LogP contribution in [0.4, 0.5) is 0 Å². The molecule has 3 heteroatoms. The van der Waals surface area contributed by atoms with Crippen LogP contribution >= 0.6 is 0 Å². The average Bonchev–Trinajstić information content (AvgIpc) is 2.45. The molecule has 0 amide bonds. The molecule has 0 saturated carbocycles. The fourth-order valence-electron chi connectivity index (χ4n) is 2.92. The third-order valence-electron chi connectivity index (χ3n) is 4.14. The summed E-state index contributed by atoms with van der Waals surface area (Å²) in [6.45, 7) is 8.64. The second-order valence-corrected chi connectivity index (χ2v) is 5.92. The average molecular weight is 275 g/mol. The zero-order valence-electron chi connectivity index (χ0n) is 13.0. The van der Waals surface area contributed by atoms with Gasteiger partial charge in [-0.3, -0.25) is 4.98 Å². The van der Waals surface area contributed by atoms with Gasteiger partial charge in [-0.2, -0.15) is 0 Å². The normalized spacial score (nSPS) is 17.9. The Kier molecular flexibility index (Phi) is 4.79. The van der Waals surface area contributed by atoms with Crippen LogP contribution in [0.3, 0.4) is 0 Å². The first kappa shape index (κ1) is 15.0. The van der Waals surface area contributed by atoms with E-state index in [0.717, 1.165) is 24.5 Å². The van der Waals surface area contributed by atoms with Crippen LogP contribution in [0, 0.1) is 5.92 Å².